The summed E-state index contributed by atoms with van der Waals surface area (Å²) in [6.45, 7) is 5.29. The topological polar surface area (TPSA) is 97.5 Å². The molecule has 8 nitrogen and oxygen atoms in total. The number of nitrogens with one attached hydrogen (secondary N) is 2. The number of methoxy groups -OCH3 is 1. The summed E-state index contributed by atoms with van der Waals surface area (Å²) in [6, 6.07) is 5.55. The molecule has 0 amide bonds. The van der Waals surface area contributed by atoms with Gasteiger partial charge < -0.3 is 19.9 Å². The summed E-state index contributed by atoms with van der Waals surface area (Å²) < 4.78 is 10.6. The summed E-state index contributed by atoms with van der Waals surface area (Å²) in [7, 11) is 3.41. The molecule has 0 saturated heterocycles. The Balaban J connectivity index is 1.80. The number of ether oxygens (including phenoxy) is 1. The zero-order chi connectivity index (χ0) is 17.4. The highest BCUT2D eigenvalue weighted by molar-refractivity contribution is 5.79. The first-order chi connectivity index (χ1) is 11.5. The van der Waals surface area contributed by atoms with E-state index in [2.05, 4.69) is 30.8 Å². The third kappa shape index (κ3) is 5.31. The fourth-order valence-corrected chi connectivity index (χ4v) is 1.83. The fraction of sp³-hybridized carbons (Fsp3) is 0.500. The summed E-state index contributed by atoms with van der Waals surface area (Å²) in [6.07, 6.45) is 2.31. The molecule has 0 unspecified atom stereocenters. The van der Waals surface area contributed by atoms with Crippen LogP contribution in [0.2, 0.25) is 0 Å². The second-order valence-electron chi connectivity index (χ2n) is 5.80. The fourth-order valence-electron chi connectivity index (χ4n) is 1.83. The number of aliphatic imine (C=N–C) groups is 1. The summed E-state index contributed by atoms with van der Waals surface area (Å²) in [5.41, 5.74) is 0.409. The molecular weight excluding hydrogens is 308 g/mol. The van der Waals surface area contributed by atoms with Gasteiger partial charge in [-0.2, -0.15) is 4.98 Å². The molecule has 130 valence electrons. The summed E-state index contributed by atoms with van der Waals surface area (Å²) >= 11 is 0. The lowest BCUT2D eigenvalue weighted by Gasteiger charge is -2.24. The van der Waals surface area contributed by atoms with Crippen LogP contribution < -0.4 is 10.6 Å². The van der Waals surface area contributed by atoms with Gasteiger partial charge in [-0.1, -0.05) is 11.2 Å². The van der Waals surface area contributed by atoms with Gasteiger partial charge in [-0.05, 0) is 26.0 Å². The van der Waals surface area contributed by atoms with Crippen molar-refractivity contribution in [3.05, 3.63) is 30.2 Å². The molecule has 0 aliphatic rings. The van der Waals surface area contributed by atoms with Gasteiger partial charge in [-0.25, -0.2) is 0 Å². The number of nitrogens with zero attached hydrogens (tertiary/aromatic N) is 4. The van der Waals surface area contributed by atoms with Crippen LogP contribution in [0.15, 0.2) is 33.9 Å². The van der Waals surface area contributed by atoms with Crippen LogP contribution in [0.1, 0.15) is 19.7 Å². The Morgan fingerprint density at radius 1 is 1.33 bits per heavy atom. The van der Waals surface area contributed by atoms with Crippen molar-refractivity contribution in [2.45, 2.75) is 25.9 Å². The zero-order valence-electron chi connectivity index (χ0n) is 14.5. The van der Waals surface area contributed by atoms with Gasteiger partial charge in [-0.15, -0.1) is 0 Å². The van der Waals surface area contributed by atoms with Gasteiger partial charge in [0.2, 0.25) is 0 Å². The van der Waals surface area contributed by atoms with Gasteiger partial charge in [-0.3, -0.25) is 9.98 Å². The highest BCUT2D eigenvalue weighted by Crippen LogP contribution is 2.13. The van der Waals surface area contributed by atoms with Crippen LogP contribution in [0.25, 0.3) is 11.6 Å². The number of rotatable bonds is 7. The summed E-state index contributed by atoms with van der Waals surface area (Å²) in [5.74, 6) is 1.75. The van der Waals surface area contributed by atoms with E-state index in [0.717, 1.165) is 0 Å². The van der Waals surface area contributed by atoms with Crippen molar-refractivity contribution in [2.24, 2.45) is 4.99 Å². The number of hydrogen-bond donors (Lipinski definition) is 2. The van der Waals surface area contributed by atoms with Crippen LogP contribution in [-0.2, 0) is 11.2 Å². The first-order valence-corrected chi connectivity index (χ1v) is 7.78. The van der Waals surface area contributed by atoms with E-state index >= 15 is 0 Å². The van der Waals surface area contributed by atoms with E-state index in [0.29, 0.717) is 42.9 Å². The molecule has 0 fully saturated rings. The quantitative estimate of drug-likeness (QED) is 0.582. The lowest BCUT2D eigenvalue weighted by atomic mass is 10.1. The van der Waals surface area contributed by atoms with Gasteiger partial charge in [0, 0.05) is 39.9 Å². The van der Waals surface area contributed by atoms with E-state index in [1.54, 1.807) is 20.4 Å². The average Bonchev–Trinajstić information content (AvgIpc) is 3.07. The molecule has 2 N–H and O–H groups in total. The maximum absolute atomic E-state index is 5.37. The van der Waals surface area contributed by atoms with Gasteiger partial charge in [0.05, 0.1) is 5.60 Å². The van der Waals surface area contributed by atoms with Crippen molar-refractivity contribution in [1.82, 2.24) is 25.8 Å². The molecule has 2 rings (SSSR count). The maximum atomic E-state index is 5.37. The van der Waals surface area contributed by atoms with Gasteiger partial charge in [0.1, 0.15) is 5.69 Å². The summed E-state index contributed by atoms with van der Waals surface area (Å²) in [4.78, 5) is 12.7. The van der Waals surface area contributed by atoms with Crippen molar-refractivity contribution in [1.29, 1.82) is 0 Å². The molecular formula is C16H24N6O2. The first kappa shape index (κ1) is 17.9. The SMILES string of the molecule is CN=C(NCCc1noc(-c2ccccn2)n1)NCC(C)(C)OC. The molecule has 0 bridgehead atoms. The molecule has 0 saturated carbocycles. The third-order valence-corrected chi connectivity index (χ3v) is 3.45. The molecule has 2 aromatic heterocycles. The molecule has 0 aromatic carbocycles. The van der Waals surface area contributed by atoms with Gasteiger partial charge in [0.15, 0.2) is 11.8 Å². The Hall–Kier alpha value is -2.48. The smallest absolute Gasteiger partial charge is 0.276 e. The van der Waals surface area contributed by atoms with Crippen molar-refractivity contribution < 1.29 is 9.26 Å². The molecule has 8 heteroatoms. The Labute approximate surface area is 141 Å². The van der Waals surface area contributed by atoms with E-state index in [4.69, 9.17) is 9.26 Å². The van der Waals surface area contributed by atoms with Gasteiger partial charge >= 0.3 is 0 Å². The number of aromatic nitrogens is 3. The maximum Gasteiger partial charge on any atom is 0.276 e. The molecule has 0 radical (unpaired) electrons. The minimum Gasteiger partial charge on any atom is -0.377 e. The van der Waals surface area contributed by atoms with Crippen LogP contribution in [0.3, 0.4) is 0 Å². The third-order valence-electron chi connectivity index (χ3n) is 3.45. The van der Waals surface area contributed by atoms with Crippen molar-refractivity contribution >= 4 is 5.96 Å². The summed E-state index contributed by atoms with van der Waals surface area (Å²) in [5, 5.41) is 10.4. The second-order valence-corrected chi connectivity index (χ2v) is 5.80. The Morgan fingerprint density at radius 3 is 2.83 bits per heavy atom. The lowest BCUT2D eigenvalue weighted by Crippen LogP contribution is -2.45. The van der Waals surface area contributed by atoms with E-state index < -0.39 is 0 Å². The van der Waals surface area contributed by atoms with E-state index in [1.165, 1.54) is 0 Å². The molecule has 0 atom stereocenters. The van der Waals surface area contributed by atoms with Crippen molar-refractivity contribution in [3.63, 3.8) is 0 Å². The molecule has 0 aliphatic carbocycles. The predicted octanol–water partition coefficient (Wildman–Crippen LogP) is 1.26. The van der Waals surface area contributed by atoms with Crippen LogP contribution in [-0.4, -0.2) is 53.9 Å². The van der Waals surface area contributed by atoms with E-state index in [1.807, 2.05) is 32.0 Å². The first-order valence-electron chi connectivity index (χ1n) is 7.78. The molecule has 0 spiro atoms. The largest absolute Gasteiger partial charge is 0.377 e. The Morgan fingerprint density at radius 2 is 2.17 bits per heavy atom. The van der Waals surface area contributed by atoms with Crippen LogP contribution >= 0.6 is 0 Å². The standard InChI is InChI=1S/C16H24N6O2/c1-16(2,23-4)11-20-15(17-3)19-10-8-13-21-14(24-22-13)12-7-5-6-9-18-12/h5-7,9H,8,10-11H2,1-4H3,(H2,17,19,20). The number of hydrogen-bond acceptors (Lipinski definition) is 6. The molecule has 0 aliphatic heterocycles. The minimum absolute atomic E-state index is 0.261. The molecule has 2 heterocycles. The monoisotopic (exact) mass is 332 g/mol. The number of guanidine groups is 1. The van der Waals surface area contributed by atoms with Crippen LogP contribution in [0.5, 0.6) is 0 Å². The molecule has 24 heavy (non-hydrogen) atoms. The van der Waals surface area contributed by atoms with Crippen LogP contribution in [0.4, 0.5) is 0 Å². The minimum atomic E-state index is -0.261. The van der Waals surface area contributed by atoms with E-state index in [9.17, 15) is 0 Å². The van der Waals surface area contributed by atoms with Crippen molar-refractivity contribution in [2.75, 3.05) is 27.2 Å². The van der Waals surface area contributed by atoms with E-state index in [-0.39, 0.29) is 5.60 Å². The van der Waals surface area contributed by atoms with Crippen molar-refractivity contribution in [3.8, 4) is 11.6 Å². The average molecular weight is 332 g/mol. The number of pyridine rings is 1. The Bertz CT molecular complexity index is 654. The highest BCUT2D eigenvalue weighted by atomic mass is 16.5. The normalized spacial score (nSPS) is 12.2. The lowest BCUT2D eigenvalue weighted by molar-refractivity contribution is 0.0268. The Kier molecular flexibility index (Phi) is 6.25. The predicted molar refractivity (Wildman–Crippen MR) is 91.7 cm³/mol. The molecule has 2 aromatic rings. The zero-order valence-corrected chi connectivity index (χ0v) is 14.5. The highest BCUT2D eigenvalue weighted by Gasteiger charge is 2.16. The van der Waals surface area contributed by atoms with Crippen LogP contribution in [0, 0.1) is 0 Å². The second kappa shape index (κ2) is 8.39. The van der Waals surface area contributed by atoms with Gasteiger partial charge in [0.25, 0.3) is 5.89 Å².